The maximum absolute atomic E-state index is 10.3. The number of rotatable bonds is 3. The molecule has 2 rings (SSSR count). The van der Waals surface area contributed by atoms with Crippen molar-refractivity contribution in [1.82, 2.24) is 4.81 Å². The molecule has 0 aromatic heterocycles. The number of methoxy groups -OCH3 is 1. The van der Waals surface area contributed by atoms with E-state index in [9.17, 15) is 15.5 Å². The summed E-state index contributed by atoms with van der Waals surface area (Å²) in [5.74, 6) is 0.106. The molecule has 0 saturated heterocycles. The van der Waals surface area contributed by atoms with Crippen molar-refractivity contribution in [2.75, 3.05) is 7.11 Å². The quantitative estimate of drug-likeness (QED) is 0.587. The number of benzene rings is 2. The number of phenolic OH excluding ortho intramolecular Hbond substituents is 1. The maximum atomic E-state index is 10.3. The van der Waals surface area contributed by atoms with E-state index >= 15 is 0 Å². The van der Waals surface area contributed by atoms with Crippen LogP contribution in [-0.2, 0) is 0 Å². The highest BCUT2D eigenvalue weighted by Gasteiger charge is 2.37. The van der Waals surface area contributed by atoms with Gasteiger partial charge in [-0.05, 0) is 24.6 Å². The molecule has 0 aliphatic heterocycles. The fourth-order valence-electron chi connectivity index (χ4n) is 1.90. The summed E-state index contributed by atoms with van der Waals surface area (Å²) in [7, 11) is 1.44. The summed E-state index contributed by atoms with van der Waals surface area (Å²) in [5.41, 5.74) is 0.878. The second-order valence-electron chi connectivity index (χ2n) is 4.27. The summed E-state index contributed by atoms with van der Waals surface area (Å²) >= 11 is 0. The van der Waals surface area contributed by atoms with Gasteiger partial charge in [0.2, 0.25) is 11.4 Å². The lowest BCUT2D eigenvalue weighted by molar-refractivity contribution is -0.246. The molecule has 2 aromatic rings. The van der Waals surface area contributed by atoms with Gasteiger partial charge < -0.3 is 9.84 Å². The summed E-state index contributed by atoms with van der Waals surface area (Å²) < 4.78 is 5.11. The maximum Gasteiger partial charge on any atom is 0.247 e. The van der Waals surface area contributed by atoms with Gasteiger partial charge >= 0.3 is 0 Å². The molecule has 0 aliphatic rings. The third kappa shape index (κ3) is 2.39. The molecule has 0 fully saturated rings. The zero-order valence-electron chi connectivity index (χ0n) is 10.7. The first-order valence-electron chi connectivity index (χ1n) is 5.75. The van der Waals surface area contributed by atoms with E-state index in [1.807, 2.05) is 0 Å². The predicted octanol–water partition coefficient (Wildman–Crippen LogP) is 3.13. The van der Waals surface area contributed by atoms with Crippen LogP contribution in [0.15, 0.2) is 42.5 Å². The second-order valence-corrected chi connectivity index (χ2v) is 4.27. The fraction of sp³-hybridized carbons (Fsp3) is 0.143. The zero-order valence-corrected chi connectivity index (χ0v) is 10.7. The van der Waals surface area contributed by atoms with Crippen LogP contribution in [0.2, 0.25) is 0 Å². The highest BCUT2D eigenvalue weighted by Crippen LogP contribution is 2.41. The van der Waals surface area contributed by atoms with Crippen molar-refractivity contribution >= 4 is 11.4 Å². The van der Waals surface area contributed by atoms with Gasteiger partial charge in [-0.15, -0.1) is 0 Å². The lowest BCUT2D eigenvalue weighted by atomic mass is 10.2. The van der Waals surface area contributed by atoms with Crippen LogP contribution in [-0.4, -0.2) is 22.6 Å². The summed E-state index contributed by atoms with van der Waals surface area (Å²) in [6, 6.07) is 11.1. The molecule has 0 atom stereocenters. The largest absolute Gasteiger partial charge is 0.503 e. The third-order valence-corrected chi connectivity index (χ3v) is 2.89. The number of phenols is 1. The molecule has 0 bridgehead atoms. The van der Waals surface area contributed by atoms with Crippen LogP contribution >= 0.6 is 0 Å². The Labute approximate surface area is 111 Å². The Hall–Kier alpha value is -2.08. The van der Waals surface area contributed by atoms with E-state index in [2.05, 4.69) is 0 Å². The molecule has 0 spiro atoms. The molecule has 19 heavy (non-hydrogen) atoms. The van der Waals surface area contributed by atoms with Crippen molar-refractivity contribution in [3.05, 3.63) is 48.0 Å². The van der Waals surface area contributed by atoms with Crippen LogP contribution in [0.25, 0.3) is 0 Å². The van der Waals surface area contributed by atoms with Gasteiger partial charge in [-0.25, -0.2) is 0 Å². The first-order chi connectivity index (χ1) is 8.96. The Kier molecular flexibility index (Phi) is 3.44. The lowest BCUT2D eigenvalue weighted by Gasteiger charge is -2.22. The number of aryl methyl sites for hydroxylation is 1. The van der Waals surface area contributed by atoms with E-state index in [0.717, 1.165) is 5.56 Å². The van der Waals surface area contributed by atoms with E-state index < -0.39 is 4.81 Å². The number of quaternary nitrogens is 1. The fourth-order valence-corrected chi connectivity index (χ4v) is 1.90. The summed E-state index contributed by atoms with van der Waals surface area (Å²) in [6.45, 7) is 1.80. The number of aromatic hydroxyl groups is 1. The number of hydrogen-bond donors (Lipinski definition) is 3. The normalized spacial score (nSPS) is 11.4. The van der Waals surface area contributed by atoms with Crippen LogP contribution in [0.3, 0.4) is 0 Å². The molecule has 0 aliphatic carbocycles. The first kappa shape index (κ1) is 13.4. The van der Waals surface area contributed by atoms with Crippen LogP contribution in [0.1, 0.15) is 5.56 Å². The van der Waals surface area contributed by atoms with Crippen LogP contribution in [0.5, 0.6) is 11.5 Å². The molecular weight excluding hydrogens is 246 g/mol. The van der Waals surface area contributed by atoms with Gasteiger partial charge in [0.1, 0.15) is 0 Å². The predicted molar refractivity (Wildman–Crippen MR) is 70.9 cm³/mol. The Balaban J connectivity index is 2.61. The Morgan fingerprint density at radius 2 is 1.68 bits per heavy atom. The molecule has 100 valence electrons. The molecule has 5 nitrogen and oxygen atoms in total. The topological polar surface area (TPSA) is 69.9 Å². The van der Waals surface area contributed by atoms with Crippen molar-refractivity contribution in [2.45, 2.75) is 6.92 Å². The molecule has 0 radical (unpaired) electrons. The zero-order chi connectivity index (χ0) is 14.0. The molecule has 0 heterocycles. The summed E-state index contributed by atoms with van der Waals surface area (Å²) in [6.07, 6.45) is 0. The third-order valence-electron chi connectivity index (χ3n) is 2.89. The molecule has 5 heteroatoms. The summed E-state index contributed by atoms with van der Waals surface area (Å²) in [4.78, 5) is -1.57. The average Bonchev–Trinajstić information content (AvgIpc) is 2.41. The minimum atomic E-state index is -1.57. The van der Waals surface area contributed by atoms with Crippen molar-refractivity contribution in [3.8, 4) is 11.5 Å². The summed E-state index contributed by atoms with van der Waals surface area (Å²) in [5, 5.41) is 30.5. The number of nitrogens with zero attached hydrogens (tertiary/aromatic N) is 1. The van der Waals surface area contributed by atoms with Gasteiger partial charge in [0.15, 0.2) is 11.5 Å². The number of ether oxygens (including phenoxy) is 1. The SMILES string of the molecule is COc1ccccc1[N+](O)(O)c1cc(C)ccc1O. The van der Waals surface area contributed by atoms with Gasteiger partial charge in [-0.2, -0.15) is 10.4 Å². The molecule has 0 saturated carbocycles. The van der Waals surface area contributed by atoms with Crippen LogP contribution < -0.4 is 9.55 Å². The van der Waals surface area contributed by atoms with E-state index in [4.69, 9.17) is 4.74 Å². The van der Waals surface area contributed by atoms with Crippen molar-refractivity contribution < 1.29 is 20.3 Å². The van der Waals surface area contributed by atoms with Gasteiger partial charge in [-0.1, -0.05) is 18.2 Å². The highest BCUT2D eigenvalue weighted by molar-refractivity contribution is 5.65. The van der Waals surface area contributed by atoms with Crippen LogP contribution in [0, 0.1) is 6.92 Å². The Bertz CT molecular complexity index is 596. The highest BCUT2D eigenvalue weighted by atomic mass is 16.8. The number of hydrogen-bond acceptors (Lipinski definition) is 4. The molecule has 0 amide bonds. The Morgan fingerprint density at radius 1 is 1.00 bits per heavy atom. The average molecular weight is 262 g/mol. The van der Waals surface area contributed by atoms with Gasteiger partial charge in [-0.3, -0.25) is 0 Å². The molecular formula is C14H16NO4+. The molecule has 2 aromatic carbocycles. The molecule has 3 N–H and O–H groups in total. The van der Waals surface area contributed by atoms with E-state index in [0.29, 0.717) is 5.75 Å². The molecule has 0 unspecified atom stereocenters. The standard InChI is InChI=1S/C14H15NO4/c1-10-7-8-13(16)12(9-10)15(17,18)11-5-3-4-6-14(11)19-2/h3-9,17-18H,1-2H3/p+1. The van der Waals surface area contributed by atoms with Crippen LogP contribution in [0.4, 0.5) is 11.4 Å². The monoisotopic (exact) mass is 262 g/mol. The van der Waals surface area contributed by atoms with Crippen molar-refractivity contribution in [1.29, 1.82) is 0 Å². The second kappa shape index (κ2) is 4.89. The number of para-hydroxylation sites is 2. The minimum Gasteiger partial charge on any atom is -0.503 e. The smallest absolute Gasteiger partial charge is 0.247 e. The van der Waals surface area contributed by atoms with Crippen molar-refractivity contribution in [2.24, 2.45) is 0 Å². The Morgan fingerprint density at radius 3 is 2.37 bits per heavy atom. The van der Waals surface area contributed by atoms with Gasteiger partial charge in [0, 0.05) is 16.9 Å². The van der Waals surface area contributed by atoms with E-state index in [1.165, 1.54) is 25.3 Å². The lowest BCUT2D eigenvalue weighted by Crippen LogP contribution is -2.36. The first-order valence-corrected chi connectivity index (χ1v) is 5.75. The van der Waals surface area contributed by atoms with E-state index in [-0.39, 0.29) is 17.1 Å². The minimum absolute atomic E-state index is 0.0375. The van der Waals surface area contributed by atoms with Gasteiger partial charge in [0.05, 0.1) is 7.11 Å². The van der Waals surface area contributed by atoms with E-state index in [1.54, 1.807) is 31.2 Å². The van der Waals surface area contributed by atoms with Gasteiger partial charge in [0.25, 0.3) is 0 Å². The van der Waals surface area contributed by atoms with Crippen molar-refractivity contribution in [3.63, 3.8) is 0 Å².